The third-order valence-corrected chi connectivity index (χ3v) is 5.21. The second kappa shape index (κ2) is 7.05. The van der Waals surface area contributed by atoms with Crippen molar-refractivity contribution >= 4 is 0 Å². The SMILES string of the molecule is CCN(CC)CCNC1(CN)CCC(C)(C)CC1C. The van der Waals surface area contributed by atoms with Gasteiger partial charge in [-0.2, -0.15) is 0 Å². The molecule has 114 valence electrons. The van der Waals surface area contributed by atoms with Crippen LogP contribution in [-0.4, -0.2) is 43.2 Å². The van der Waals surface area contributed by atoms with E-state index in [1.165, 1.54) is 19.3 Å². The summed E-state index contributed by atoms with van der Waals surface area (Å²) in [6.45, 7) is 16.8. The average Bonchev–Trinajstić information content (AvgIpc) is 2.37. The third-order valence-electron chi connectivity index (χ3n) is 5.21. The van der Waals surface area contributed by atoms with Gasteiger partial charge in [0.05, 0.1) is 0 Å². The molecule has 3 nitrogen and oxygen atoms in total. The Morgan fingerprint density at radius 2 is 1.84 bits per heavy atom. The van der Waals surface area contributed by atoms with E-state index in [2.05, 4.69) is 44.8 Å². The Bertz CT molecular complexity index is 261. The monoisotopic (exact) mass is 269 g/mol. The second-order valence-corrected chi connectivity index (χ2v) is 7.08. The molecule has 0 spiro atoms. The number of hydrogen-bond acceptors (Lipinski definition) is 3. The lowest BCUT2D eigenvalue weighted by molar-refractivity contribution is 0.0768. The van der Waals surface area contributed by atoms with Crippen LogP contribution in [0.3, 0.4) is 0 Å². The summed E-state index contributed by atoms with van der Waals surface area (Å²) < 4.78 is 0. The van der Waals surface area contributed by atoms with E-state index in [4.69, 9.17) is 5.73 Å². The van der Waals surface area contributed by atoms with Gasteiger partial charge in [-0.1, -0.05) is 34.6 Å². The molecular weight excluding hydrogens is 234 g/mol. The Hall–Kier alpha value is -0.120. The van der Waals surface area contributed by atoms with Crippen molar-refractivity contribution in [2.24, 2.45) is 17.1 Å². The normalized spacial score (nSPS) is 30.8. The van der Waals surface area contributed by atoms with E-state index < -0.39 is 0 Å². The zero-order chi connectivity index (χ0) is 14.5. The molecule has 1 aliphatic rings. The molecule has 0 aromatic rings. The lowest BCUT2D eigenvalue weighted by Crippen LogP contribution is -2.60. The largest absolute Gasteiger partial charge is 0.329 e. The topological polar surface area (TPSA) is 41.3 Å². The predicted molar refractivity (Wildman–Crippen MR) is 84.4 cm³/mol. The summed E-state index contributed by atoms with van der Waals surface area (Å²) in [7, 11) is 0. The van der Waals surface area contributed by atoms with Crippen molar-refractivity contribution in [3.63, 3.8) is 0 Å². The van der Waals surface area contributed by atoms with Crippen LogP contribution in [0.1, 0.15) is 53.9 Å². The molecule has 0 saturated heterocycles. The highest BCUT2D eigenvalue weighted by Crippen LogP contribution is 2.43. The molecule has 0 aromatic heterocycles. The summed E-state index contributed by atoms with van der Waals surface area (Å²) in [6, 6.07) is 0. The number of hydrogen-bond donors (Lipinski definition) is 2. The van der Waals surface area contributed by atoms with E-state index in [0.717, 1.165) is 32.7 Å². The van der Waals surface area contributed by atoms with Gasteiger partial charge in [-0.25, -0.2) is 0 Å². The van der Waals surface area contributed by atoms with Crippen molar-refractivity contribution in [1.82, 2.24) is 10.2 Å². The van der Waals surface area contributed by atoms with E-state index in [0.29, 0.717) is 11.3 Å². The Morgan fingerprint density at radius 1 is 1.21 bits per heavy atom. The van der Waals surface area contributed by atoms with E-state index in [9.17, 15) is 0 Å². The molecule has 0 aliphatic heterocycles. The van der Waals surface area contributed by atoms with Gasteiger partial charge in [-0.15, -0.1) is 0 Å². The average molecular weight is 269 g/mol. The first-order valence-corrected chi connectivity index (χ1v) is 8.06. The lowest BCUT2D eigenvalue weighted by Gasteiger charge is -2.49. The van der Waals surface area contributed by atoms with E-state index in [1.807, 2.05) is 0 Å². The number of rotatable bonds is 7. The zero-order valence-electron chi connectivity index (χ0n) is 13.8. The summed E-state index contributed by atoms with van der Waals surface area (Å²) in [6.07, 6.45) is 3.78. The lowest BCUT2D eigenvalue weighted by atomic mass is 9.64. The molecule has 19 heavy (non-hydrogen) atoms. The number of likely N-dealkylation sites (N-methyl/N-ethyl adjacent to an activating group) is 1. The maximum Gasteiger partial charge on any atom is 0.0330 e. The molecule has 0 bridgehead atoms. The molecule has 1 rings (SSSR count). The fraction of sp³-hybridized carbons (Fsp3) is 1.00. The second-order valence-electron chi connectivity index (χ2n) is 7.08. The fourth-order valence-electron chi connectivity index (χ4n) is 3.57. The molecule has 1 saturated carbocycles. The Balaban J connectivity index is 2.52. The molecule has 0 aromatic carbocycles. The van der Waals surface area contributed by atoms with Crippen molar-refractivity contribution in [2.45, 2.75) is 59.4 Å². The van der Waals surface area contributed by atoms with Gasteiger partial charge in [-0.05, 0) is 43.7 Å². The van der Waals surface area contributed by atoms with Gasteiger partial charge in [0, 0.05) is 25.2 Å². The van der Waals surface area contributed by atoms with Crippen molar-refractivity contribution in [2.75, 3.05) is 32.7 Å². The molecule has 0 radical (unpaired) electrons. The molecule has 0 amide bonds. The molecule has 3 heteroatoms. The highest BCUT2D eigenvalue weighted by atomic mass is 15.1. The van der Waals surface area contributed by atoms with E-state index in [1.54, 1.807) is 0 Å². The number of nitrogens with two attached hydrogens (primary N) is 1. The van der Waals surface area contributed by atoms with Gasteiger partial charge in [0.1, 0.15) is 0 Å². The van der Waals surface area contributed by atoms with Crippen LogP contribution in [0.2, 0.25) is 0 Å². The van der Waals surface area contributed by atoms with E-state index in [-0.39, 0.29) is 5.54 Å². The van der Waals surface area contributed by atoms with Crippen LogP contribution < -0.4 is 11.1 Å². The Labute approximate surface area is 120 Å². The van der Waals surface area contributed by atoms with Crippen LogP contribution in [0.5, 0.6) is 0 Å². The van der Waals surface area contributed by atoms with Crippen molar-refractivity contribution in [3.8, 4) is 0 Å². The summed E-state index contributed by atoms with van der Waals surface area (Å²) in [5.41, 5.74) is 6.78. The third kappa shape index (κ3) is 4.44. The Morgan fingerprint density at radius 3 is 2.32 bits per heavy atom. The van der Waals surface area contributed by atoms with Crippen LogP contribution in [0.4, 0.5) is 0 Å². The van der Waals surface area contributed by atoms with Crippen LogP contribution in [0.15, 0.2) is 0 Å². The quantitative estimate of drug-likeness (QED) is 0.746. The maximum absolute atomic E-state index is 6.12. The molecule has 2 atom stereocenters. The standard InChI is InChI=1S/C16H35N3/c1-6-19(7-2)11-10-18-16(13-17)9-8-15(4,5)12-14(16)3/h14,18H,6-13,17H2,1-5H3. The molecule has 1 fully saturated rings. The van der Waals surface area contributed by atoms with Gasteiger partial charge in [0.2, 0.25) is 0 Å². The van der Waals surface area contributed by atoms with Crippen molar-refractivity contribution in [1.29, 1.82) is 0 Å². The van der Waals surface area contributed by atoms with Gasteiger partial charge in [-0.3, -0.25) is 0 Å². The van der Waals surface area contributed by atoms with Gasteiger partial charge in [0.25, 0.3) is 0 Å². The van der Waals surface area contributed by atoms with Crippen LogP contribution in [0, 0.1) is 11.3 Å². The fourth-order valence-corrected chi connectivity index (χ4v) is 3.57. The first-order chi connectivity index (χ1) is 8.89. The van der Waals surface area contributed by atoms with E-state index >= 15 is 0 Å². The predicted octanol–water partition coefficient (Wildman–Crippen LogP) is 2.46. The molecule has 1 aliphatic carbocycles. The summed E-state index contributed by atoms with van der Waals surface area (Å²) in [5, 5.41) is 3.80. The van der Waals surface area contributed by atoms with Crippen LogP contribution in [0.25, 0.3) is 0 Å². The summed E-state index contributed by atoms with van der Waals surface area (Å²) in [4.78, 5) is 2.47. The Kier molecular flexibility index (Phi) is 6.28. The van der Waals surface area contributed by atoms with Crippen LogP contribution in [-0.2, 0) is 0 Å². The minimum Gasteiger partial charge on any atom is -0.329 e. The summed E-state index contributed by atoms with van der Waals surface area (Å²) >= 11 is 0. The van der Waals surface area contributed by atoms with Crippen molar-refractivity contribution in [3.05, 3.63) is 0 Å². The molecule has 2 unspecified atom stereocenters. The molecule has 3 N–H and O–H groups in total. The highest BCUT2D eigenvalue weighted by molar-refractivity contribution is 5.00. The molecular formula is C16H35N3. The molecule has 0 heterocycles. The highest BCUT2D eigenvalue weighted by Gasteiger charge is 2.42. The van der Waals surface area contributed by atoms with Gasteiger partial charge >= 0.3 is 0 Å². The minimum atomic E-state index is 0.169. The first kappa shape index (κ1) is 16.9. The number of nitrogens with one attached hydrogen (secondary N) is 1. The summed E-state index contributed by atoms with van der Waals surface area (Å²) in [5.74, 6) is 0.665. The van der Waals surface area contributed by atoms with Crippen LogP contribution >= 0.6 is 0 Å². The van der Waals surface area contributed by atoms with Gasteiger partial charge in [0.15, 0.2) is 0 Å². The first-order valence-electron chi connectivity index (χ1n) is 8.06. The van der Waals surface area contributed by atoms with Crippen molar-refractivity contribution < 1.29 is 0 Å². The maximum atomic E-state index is 6.12. The smallest absolute Gasteiger partial charge is 0.0330 e. The zero-order valence-corrected chi connectivity index (χ0v) is 13.8. The minimum absolute atomic E-state index is 0.169. The number of nitrogens with zero attached hydrogens (tertiary/aromatic N) is 1. The van der Waals surface area contributed by atoms with Gasteiger partial charge < -0.3 is 16.0 Å².